The highest BCUT2D eigenvalue weighted by atomic mass is 32.2. The molecule has 0 aliphatic carbocycles. The predicted molar refractivity (Wildman–Crippen MR) is 114 cm³/mol. The lowest BCUT2D eigenvalue weighted by molar-refractivity contribution is 0.102. The Kier molecular flexibility index (Phi) is 5.89. The predicted octanol–water partition coefficient (Wildman–Crippen LogP) is 4.37. The lowest BCUT2D eigenvalue weighted by atomic mass is 10.1. The highest BCUT2D eigenvalue weighted by Crippen LogP contribution is 2.29. The van der Waals surface area contributed by atoms with Gasteiger partial charge in [-0.1, -0.05) is 36.4 Å². The molecule has 0 saturated carbocycles. The summed E-state index contributed by atoms with van der Waals surface area (Å²) in [7, 11) is -2.39. The molecule has 150 valence electrons. The molecule has 3 rings (SSSR count). The average molecular weight is 410 g/mol. The van der Waals surface area contributed by atoms with Gasteiger partial charge in [-0.2, -0.15) is 0 Å². The van der Waals surface area contributed by atoms with Crippen molar-refractivity contribution >= 4 is 27.3 Å². The largest absolute Gasteiger partial charge is 0.495 e. The van der Waals surface area contributed by atoms with E-state index in [0.29, 0.717) is 16.9 Å². The minimum absolute atomic E-state index is 0.0338. The highest BCUT2D eigenvalue weighted by molar-refractivity contribution is 7.92. The average Bonchev–Trinajstić information content (AvgIpc) is 2.70. The number of rotatable bonds is 6. The molecule has 2 N–H and O–H groups in total. The van der Waals surface area contributed by atoms with E-state index in [4.69, 9.17) is 4.74 Å². The van der Waals surface area contributed by atoms with Crippen LogP contribution in [0.2, 0.25) is 0 Å². The first-order valence-electron chi connectivity index (χ1n) is 8.95. The second-order valence-corrected chi connectivity index (χ2v) is 8.23. The number of benzene rings is 3. The van der Waals surface area contributed by atoms with Crippen molar-refractivity contribution in [1.29, 1.82) is 0 Å². The number of ether oxygens (including phenoxy) is 1. The fraction of sp³-hybridized carbons (Fsp3) is 0.136. The summed E-state index contributed by atoms with van der Waals surface area (Å²) < 4.78 is 33.4. The van der Waals surface area contributed by atoms with E-state index in [9.17, 15) is 13.2 Å². The molecule has 0 aliphatic rings. The Labute approximate surface area is 170 Å². The van der Waals surface area contributed by atoms with Crippen LogP contribution >= 0.6 is 0 Å². The van der Waals surface area contributed by atoms with Crippen molar-refractivity contribution in [3.8, 4) is 5.75 Å². The standard InChI is InChI=1S/C22H22N2O4S/c1-15-8-4-6-10-18(15)22(25)23-20-13-12-17(14-21(20)28-3)29(26,27)24-19-11-7-5-9-16(19)2/h4-14,24H,1-3H3,(H,23,25). The number of sulfonamides is 1. The minimum Gasteiger partial charge on any atom is -0.495 e. The number of para-hydroxylation sites is 1. The van der Waals surface area contributed by atoms with Crippen molar-refractivity contribution in [1.82, 2.24) is 0 Å². The molecule has 0 aromatic heterocycles. The van der Waals surface area contributed by atoms with E-state index >= 15 is 0 Å². The molecule has 29 heavy (non-hydrogen) atoms. The molecule has 0 unspecified atom stereocenters. The summed E-state index contributed by atoms with van der Waals surface area (Å²) in [6.45, 7) is 3.67. The molecule has 0 heterocycles. The van der Waals surface area contributed by atoms with Crippen LogP contribution in [0.5, 0.6) is 5.75 Å². The summed E-state index contributed by atoms with van der Waals surface area (Å²) in [5.74, 6) is -0.0466. The van der Waals surface area contributed by atoms with Gasteiger partial charge in [-0.25, -0.2) is 8.42 Å². The number of carbonyl (C=O) groups excluding carboxylic acids is 1. The Hall–Kier alpha value is -3.32. The Bertz CT molecular complexity index is 1160. The maximum atomic E-state index is 12.8. The van der Waals surface area contributed by atoms with E-state index in [1.54, 1.807) is 24.3 Å². The maximum Gasteiger partial charge on any atom is 0.262 e. The fourth-order valence-corrected chi connectivity index (χ4v) is 4.00. The van der Waals surface area contributed by atoms with Crippen molar-refractivity contribution in [2.24, 2.45) is 0 Å². The van der Waals surface area contributed by atoms with E-state index in [1.807, 2.05) is 38.1 Å². The van der Waals surface area contributed by atoms with Gasteiger partial charge in [0.1, 0.15) is 5.75 Å². The second kappa shape index (κ2) is 8.36. The summed E-state index contributed by atoms with van der Waals surface area (Å²) in [5, 5.41) is 2.78. The molecule has 0 radical (unpaired) electrons. The van der Waals surface area contributed by atoms with E-state index in [2.05, 4.69) is 10.0 Å². The molecule has 0 fully saturated rings. The van der Waals surface area contributed by atoms with Crippen molar-refractivity contribution in [2.45, 2.75) is 18.7 Å². The number of nitrogens with one attached hydrogen (secondary N) is 2. The van der Waals surface area contributed by atoms with Crippen LogP contribution in [0.15, 0.2) is 71.6 Å². The molecular formula is C22H22N2O4S. The van der Waals surface area contributed by atoms with Gasteiger partial charge in [-0.15, -0.1) is 0 Å². The topological polar surface area (TPSA) is 84.5 Å². The fourth-order valence-electron chi connectivity index (χ4n) is 2.85. The van der Waals surface area contributed by atoms with Gasteiger partial charge < -0.3 is 10.1 Å². The smallest absolute Gasteiger partial charge is 0.262 e. The third kappa shape index (κ3) is 4.57. The van der Waals surface area contributed by atoms with Crippen molar-refractivity contribution < 1.29 is 17.9 Å². The highest BCUT2D eigenvalue weighted by Gasteiger charge is 2.19. The monoisotopic (exact) mass is 410 g/mol. The third-order valence-corrected chi connectivity index (χ3v) is 5.87. The van der Waals surface area contributed by atoms with E-state index < -0.39 is 10.0 Å². The third-order valence-electron chi connectivity index (χ3n) is 4.51. The molecule has 6 nitrogen and oxygen atoms in total. The number of hydrogen-bond acceptors (Lipinski definition) is 4. The van der Waals surface area contributed by atoms with E-state index in [0.717, 1.165) is 11.1 Å². The second-order valence-electron chi connectivity index (χ2n) is 6.55. The van der Waals surface area contributed by atoms with Crippen LogP contribution in [-0.2, 0) is 10.0 Å². The molecule has 1 amide bonds. The van der Waals surface area contributed by atoms with Gasteiger partial charge in [0.25, 0.3) is 15.9 Å². The van der Waals surface area contributed by atoms with E-state index in [-0.39, 0.29) is 16.6 Å². The van der Waals surface area contributed by atoms with Crippen LogP contribution in [0.3, 0.4) is 0 Å². The molecule has 0 aliphatic heterocycles. The van der Waals surface area contributed by atoms with Crippen LogP contribution < -0.4 is 14.8 Å². The zero-order valence-corrected chi connectivity index (χ0v) is 17.2. The first-order valence-corrected chi connectivity index (χ1v) is 10.4. The zero-order valence-electron chi connectivity index (χ0n) is 16.4. The van der Waals surface area contributed by atoms with Crippen LogP contribution in [-0.4, -0.2) is 21.4 Å². The number of anilines is 2. The summed E-state index contributed by atoms with van der Waals surface area (Å²) in [6, 6.07) is 18.6. The first kappa shape index (κ1) is 20.4. The van der Waals surface area contributed by atoms with Crippen molar-refractivity contribution in [3.63, 3.8) is 0 Å². The molecular weight excluding hydrogens is 388 g/mol. The molecule has 3 aromatic carbocycles. The summed E-state index contributed by atoms with van der Waals surface area (Å²) in [6.07, 6.45) is 0. The quantitative estimate of drug-likeness (QED) is 0.632. The number of carbonyl (C=O) groups is 1. The molecule has 0 bridgehead atoms. The van der Waals surface area contributed by atoms with Crippen molar-refractivity contribution in [2.75, 3.05) is 17.1 Å². The minimum atomic E-state index is -3.82. The molecule has 7 heteroatoms. The SMILES string of the molecule is COc1cc(S(=O)(=O)Nc2ccccc2C)ccc1NC(=O)c1ccccc1C. The van der Waals surface area contributed by atoms with E-state index in [1.165, 1.54) is 25.3 Å². The number of hydrogen-bond donors (Lipinski definition) is 2. The van der Waals surface area contributed by atoms with Gasteiger partial charge in [0.15, 0.2) is 0 Å². The van der Waals surface area contributed by atoms with Gasteiger partial charge in [-0.3, -0.25) is 9.52 Å². The molecule has 3 aromatic rings. The zero-order chi connectivity index (χ0) is 21.0. The van der Waals surface area contributed by atoms with Crippen LogP contribution in [0.1, 0.15) is 21.5 Å². The Morgan fingerprint density at radius 3 is 2.17 bits per heavy atom. The van der Waals surface area contributed by atoms with Crippen LogP contribution in [0.25, 0.3) is 0 Å². The van der Waals surface area contributed by atoms with Gasteiger partial charge in [0, 0.05) is 11.6 Å². The Balaban J connectivity index is 1.88. The number of amides is 1. The van der Waals surface area contributed by atoms with Gasteiger partial charge in [0.2, 0.25) is 0 Å². The van der Waals surface area contributed by atoms with Gasteiger partial charge >= 0.3 is 0 Å². The van der Waals surface area contributed by atoms with Gasteiger partial charge in [-0.05, 0) is 49.2 Å². The summed E-state index contributed by atoms with van der Waals surface area (Å²) in [5.41, 5.74) is 3.07. The Morgan fingerprint density at radius 2 is 1.52 bits per heavy atom. The van der Waals surface area contributed by atoms with Crippen LogP contribution in [0.4, 0.5) is 11.4 Å². The Morgan fingerprint density at radius 1 is 0.862 bits per heavy atom. The normalized spacial score (nSPS) is 11.0. The lowest BCUT2D eigenvalue weighted by Crippen LogP contribution is -2.16. The number of aryl methyl sites for hydroxylation is 2. The molecule has 0 spiro atoms. The van der Waals surface area contributed by atoms with Crippen LogP contribution in [0, 0.1) is 13.8 Å². The van der Waals surface area contributed by atoms with Crippen molar-refractivity contribution in [3.05, 3.63) is 83.4 Å². The molecule has 0 saturated heterocycles. The summed E-state index contributed by atoms with van der Waals surface area (Å²) in [4.78, 5) is 12.6. The van der Waals surface area contributed by atoms with Gasteiger partial charge in [0.05, 0.1) is 23.4 Å². The summed E-state index contributed by atoms with van der Waals surface area (Å²) >= 11 is 0. The first-order chi connectivity index (χ1) is 13.8. The lowest BCUT2D eigenvalue weighted by Gasteiger charge is -2.14. The maximum absolute atomic E-state index is 12.8. The molecule has 0 atom stereocenters. The number of methoxy groups -OCH3 is 1.